The molecule has 0 aliphatic carbocycles. The zero-order chi connectivity index (χ0) is 20.7. The van der Waals surface area contributed by atoms with Crippen LogP contribution in [0, 0.1) is 0 Å². The van der Waals surface area contributed by atoms with E-state index >= 15 is 0 Å². The second-order valence-corrected chi connectivity index (χ2v) is 9.53. The quantitative estimate of drug-likeness (QED) is 0.717. The molecule has 1 amide bonds. The highest BCUT2D eigenvalue weighted by atomic mass is 32.2. The fraction of sp³-hybridized carbons (Fsp3) is 0.409. The molecule has 0 unspecified atom stereocenters. The molecule has 0 aromatic heterocycles. The lowest BCUT2D eigenvalue weighted by atomic mass is 10.1. The number of hydrogen-bond donors (Lipinski definition) is 1. The Bertz CT molecular complexity index is 908. The second kappa shape index (κ2) is 10.0. The zero-order valence-electron chi connectivity index (χ0n) is 16.9. The summed E-state index contributed by atoms with van der Waals surface area (Å²) in [5, 5.41) is 2.98. The summed E-state index contributed by atoms with van der Waals surface area (Å²) in [4.78, 5) is 14.7. The van der Waals surface area contributed by atoms with Crippen molar-refractivity contribution in [1.29, 1.82) is 0 Å². The average molecular weight is 416 g/mol. The van der Waals surface area contributed by atoms with Crippen molar-refractivity contribution in [3.8, 4) is 0 Å². The van der Waals surface area contributed by atoms with Crippen molar-refractivity contribution in [2.75, 3.05) is 38.5 Å². The molecule has 0 radical (unpaired) electrons. The van der Waals surface area contributed by atoms with Crippen molar-refractivity contribution in [2.24, 2.45) is 0 Å². The fourth-order valence-corrected chi connectivity index (χ4v) is 4.57. The van der Waals surface area contributed by atoms with E-state index in [0.29, 0.717) is 44.8 Å². The minimum Gasteiger partial charge on any atom is -0.352 e. The molecule has 3 rings (SSSR count). The number of hydrogen-bond acceptors (Lipinski definition) is 4. The Balaban J connectivity index is 1.50. The maximum atomic E-state index is 12.5. The van der Waals surface area contributed by atoms with E-state index in [1.165, 1.54) is 5.56 Å². The van der Waals surface area contributed by atoms with Crippen molar-refractivity contribution < 1.29 is 13.2 Å². The summed E-state index contributed by atoms with van der Waals surface area (Å²) in [7, 11) is -3.11. The number of sulfonamides is 1. The highest BCUT2D eigenvalue weighted by molar-refractivity contribution is 7.89. The summed E-state index contributed by atoms with van der Waals surface area (Å²) >= 11 is 0. The summed E-state index contributed by atoms with van der Waals surface area (Å²) in [6.07, 6.45) is 0.803. The number of carbonyl (C=O) groups is 1. The first-order valence-corrected chi connectivity index (χ1v) is 11.7. The summed E-state index contributed by atoms with van der Waals surface area (Å²) in [5.41, 5.74) is 2.92. The van der Waals surface area contributed by atoms with Crippen LogP contribution in [0.1, 0.15) is 28.4 Å². The van der Waals surface area contributed by atoms with Crippen LogP contribution >= 0.6 is 0 Å². The first-order valence-electron chi connectivity index (χ1n) is 10.1. The third-order valence-electron chi connectivity index (χ3n) is 5.23. The van der Waals surface area contributed by atoms with Gasteiger partial charge < -0.3 is 5.32 Å². The molecule has 0 atom stereocenters. The number of nitrogens with zero attached hydrogens (tertiary/aromatic N) is 2. The molecule has 6 nitrogen and oxygen atoms in total. The second-order valence-electron chi connectivity index (χ2n) is 7.27. The molecule has 1 fully saturated rings. The number of benzene rings is 2. The largest absolute Gasteiger partial charge is 0.352 e. The van der Waals surface area contributed by atoms with Crippen LogP contribution in [0.25, 0.3) is 0 Å². The van der Waals surface area contributed by atoms with Crippen molar-refractivity contribution in [3.63, 3.8) is 0 Å². The van der Waals surface area contributed by atoms with Gasteiger partial charge in [-0.25, -0.2) is 8.42 Å². The molecule has 156 valence electrons. The molecule has 0 bridgehead atoms. The Labute approximate surface area is 173 Å². The Kier molecular flexibility index (Phi) is 7.41. The van der Waals surface area contributed by atoms with E-state index in [1.54, 1.807) is 11.2 Å². The predicted octanol–water partition coefficient (Wildman–Crippen LogP) is 2.13. The maximum Gasteiger partial charge on any atom is 0.251 e. The molecule has 29 heavy (non-hydrogen) atoms. The van der Waals surface area contributed by atoms with E-state index in [0.717, 1.165) is 12.0 Å². The van der Waals surface area contributed by atoms with Gasteiger partial charge in [0.25, 0.3) is 5.91 Å². The van der Waals surface area contributed by atoms with Gasteiger partial charge in [0.2, 0.25) is 10.0 Å². The van der Waals surface area contributed by atoms with Crippen LogP contribution in [0.3, 0.4) is 0 Å². The van der Waals surface area contributed by atoms with E-state index in [-0.39, 0.29) is 11.7 Å². The van der Waals surface area contributed by atoms with Crippen molar-refractivity contribution in [1.82, 2.24) is 14.5 Å². The zero-order valence-corrected chi connectivity index (χ0v) is 17.7. The topological polar surface area (TPSA) is 69.7 Å². The van der Waals surface area contributed by atoms with Gasteiger partial charge >= 0.3 is 0 Å². The smallest absolute Gasteiger partial charge is 0.251 e. The third-order valence-corrected chi connectivity index (χ3v) is 7.11. The molecule has 0 spiro atoms. The summed E-state index contributed by atoms with van der Waals surface area (Å²) in [6.45, 7) is 5.44. The summed E-state index contributed by atoms with van der Waals surface area (Å²) in [6, 6.07) is 17.7. The Morgan fingerprint density at radius 2 is 1.66 bits per heavy atom. The minimum atomic E-state index is -3.11. The van der Waals surface area contributed by atoms with Crippen molar-refractivity contribution >= 4 is 15.9 Å². The molecule has 1 N–H and O–H groups in total. The molecule has 1 saturated heterocycles. The van der Waals surface area contributed by atoms with Gasteiger partial charge in [0, 0.05) is 44.8 Å². The molecule has 0 saturated carbocycles. The Morgan fingerprint density at radius 3 is 2.34 bits per heavy atom. The van der Waals surface area contributed by atoms with Crippen LogP contribution in [-0.2, 0) is 23.0 Å². The lowest BCUT2D eigenvalue weighted by Crippen LogP contribution is -2.48. The van der Waals surface area contributed by atoms with Crippen molar-refractivity contribution in [3.05, 3.63) is 71.3 Å². The van der Waals surface area contributed by atoms with Gasteiger partial charge in [0.15, 0.2) is 0 Å². The highest BCUT2D eigenvalue weighted by Gasteiger charge is 2.25. The number of nitrogens with one attached hydrogen (secondary N) is 1. The van der Waals surface area contributed by atoms with Gasteiger partial charge in [-0.15, -0.1) is 0 Å². The van der Waals surface area contributed by atoms with E-state index in [2.05, 4.69) is 22.3 Å². The van der Waals surface area contributed by atoms with Gasteiger partial charge in [-0.05, 0) is 36.6 Å². The van der Waals surface area contributed by atoms with Gasteiger partial charge in [-0.2, -0.15) is 4.31 Å². The number of carbonyl (C=O) groups excluding carboxylic acids is 1. The fourth-order valence-electron chi connectivity index (χ4n) is 3.48. The maximum absolute atomic E-state index is 12.5. The summed E-state index contributed by atoms with van der Waals surface area (Å²) in [5.74, 6) is 0.0793. The Hall–Kier alpha value is -2.22. The van der Waals surface area contributed by atoms with Crippen molar-refractivity contribution in [2.45, 2.75) is 19.9 Å². The summed E-state index contributed by atoms with van der Waals surface area (Å²) < 4.78 is 25.5. The standard InChI is InChI=1S/C22H29N3O3S/c1-2-29(27,28)25-15-13-24(14-16-25)18-20-9-6-10-21(17-20)22(26)23-12-11-19-7-4-3-5-8-19/h3-10,17H,2,11-16,18H2,1H3,(H,23,26). The molecule has 2 aromatic rings. The van der Waals surface area contributed by atoms with Crippen LogP contribution < -0.4 is 5.32 Å². The number of piperazine rings is 1. The van der Waals surface area contributed by atoms with Gasteiger partial charge in [-0.1, -0.05) is 42.5 Å². The Morgan fingerprint density at radius 1 is 0.966 bits per heavy atom. The highest BCUT2D eigenvalue weighted by Crippen LogP contribution is 2.13. The lowest BCUT2D eigenvalue weighted by molar-refractivity contribution is 0.0954. The lowest BCUT2D eigenvalue weighted by Gasteiger charge is -2.33. The van der Waals surface area contributed by atoms with Gasteiger partial charge in [0.1, 0.15) is 0 Å². The van der Waals surface area contributed by atoms with Crippen LogP contribution in [0.2, 0.25) is 0 Å². The third kappa shape index (κ3) is 6.13. The molecule has 7 heteroatoms. The normalized spacial score (nSPS) is 15.9. The molecule has 1 aliphatic rings. The minimum absolute atomic E-state index is 0.0679. The van der Waals surface area contributed by atoms with Crippen LogP contribution in [0.15, 0.2) is 54.6 Å². The SMILES string of the molecule is CCS(=O)(=O)N1CCN(Cc2cccc(C(=O)NCCc3ccccc3)c2)CC1. The van der Waals surface area contributed by atoms with Crippen LogP contribution in [-0.4, -0.2) is 62.0 Å². The van der Waals surface area contributed by atoms with E-state index in [4.69, 9.17) is 0 Å². The van der Waals surface area contributed by atoms with E-state index in [9.17, 15) is 13.2 Å². The average Bonchev–Trinajstić information content (AvgIpc) is 2.75. The van der Waals surface area contributed by atoms with Crippen LogP contribution in [0.5, 0.6) is 0 Å². The molecule has 2 aromatic carbocycles. The number of amides is 1. The predicted molar refractivity (Wildman–Crippen MR) is 115 cm³/mol. The first-order chi connectivity index (χ1) is 14.0. The van der Waals surface area contributed by atoms with E-state index < -0.39 is 10.0 Å². The molecule has 1 heterocycles. The number of rotatable bonds is 8. The van der Waals surface area contributed by atoms with E-state index in [1.807, 2.05) is 42.5 Å². The van der Waals surface area contributed by atoms with Gasteiger partial charge in [-0.3, -0.25) is 9.69 Å². The van der Waals surface area contributed by atoms with Gasteiger partial charge in [0.05, 0.1) is 5.75 Å². The monoisotopic (exact) mass is 415 g/mol. The molecular weight excluding hydrogens is 386 g/mol. The first kappa shape index (κ1) is 21.5. The molecular formula is C22H29N3O3S. The molecule has 1 aliphatic heterocycles. The van der Waals surface area contributed by atoms with Crippen LogP contribution in [0.4, 0.5) is 0 Å².